The second kappa shape index (κ2) is 4.45. The molecule has 4 aromatic rings. The molecule has 0 fully saturated rings. The molecule has 0 atom stereocenters. The first-order chi connectivity index (χ1) is 10.2. The molecule has 1 N–H and O–H groups in total. The lowest BCUT2D eigenvalue weighted by molar-refractivity contribution is 0.629. The van der Waals surface area contributed by atoms with E-state index in [1.165, 1.54) is 17.2 Å². The van der Waals surface area contributed by atoms with Gasteiger partial charge in [0.25, 0.3) is 0 Å². The molecular formula is C19H14FN. The standard InChI is InChI=1S/C19H14FN/c1-12-9-16(13-5-3-2-4-6-13)19-17(10-12)15-8-7-14(20)11-18(15)21-19/h2-11,21H,1H3. The predicted molar refractivity (Wildman–Crippen MR) is 85.9 cm³/mol. The van der Waals surface area contributed by atoms with Crippen LogP contribution in [0.15, 0.2) is 60.7 Å². The van der Waals surface area contributed by atoms with E-state index in [2.05, 4.69) is 36.2 Å². The Balaban J connectivity index is 2.14. The monoisotopic (exact) mass is 275 g/mol. The highest BCUT2D eigenvalue weighted by Gasteiger charge is 2.11. The van der Waals surface area contributed by atoms with Gasteiger partial charge in [-0.3, -0.25) is 0 Å². The van der Waals surface area contributed by atoms with Gasteiger partial charge in [0.15, 0.2) is 0 Å². The van der Waals surface area contributed by atoms with Crippen LogP contribution < -0.4 is 0 Å². The first kappa shape index (κ1) is 12.2. The SMILES string of the molecule is Cc1cc(-c2ccccc2)c2[nH]c3cc(F)ccc3c2c1. The Morgan fingerprint density at radius 1 is 0.857 bits per heavy atom. The van der Waals surface area contributed by atoms with Crippen LogP contribution in [0.25, 0.3) is 32.9 Å². The molecule has 21 heavy (non-hydrogen) atoms. The minimum Gasteiger partial charge on any atom is -0.354 e. The smallest absolute Gasteiger partial charge is 0.125 e. The average molecular weight is 275 g/mol. The van der Waals surface area contributed by atoms with Crippen molar-refractivity contribution in [2.45, 2.75) is 6.92 Å². The van der Waals surface area contributed by atoms with Gasteiger partial charge in [0.2, 0.25) is 0 Å². The zero-order valence-electron chi connectivity index (χ0n) is 11.7. The van der Waals surface area contributed by atoms with Gasteiger partial charge in [-0.25, -0.2) is 4.39 Å². The van der Waals surface area contributed by atoms with Crippen LogP contribution in [0.4, 0.5) is 4.39 Å². The third kappa shape index (κ3) is 1.91. The highest BCUT2D eigenvalue weighted by Crippen LogP contribution is 2.34. The van der Waals surface area contributed by atoms with Gasteiger partial charge in [0.1, 0.15) is 5.82 Å². The summed E-state index contributed by atoms with van der Waals surface area (Å²) < 4.78 is 13.4. The molecule has 0 bridgehead atoms. The number of hydrogen-bond acceptors (Lipinski definition) is 0. The van der Waals surface area contributed by atoms with Crippen LogP contribution in [0.5, 0.6) is 0 Å². The van der Waals surface area contributed by atoms with Crippen LogP contribution in [0.1, 0.15) is 5.56 Å². The van der Waals surface area contributed by atoms with Gasteiger partial charge in [-0.05, 0) is 48.4 Å². The van der Waals surface area contributed by atoms with E-state index in [0.29, 0.717) is 0 Å². The van der Waals surface area contributed by atoms with Crippen molar-refractivity contribution in [2.24, 2.45) is 0 Å². The fraction of sp³-hybridized carbons (Fsp3) is 0.0526. The van der Waals surface area contributed by atoms with Crippen LogP contribution in [0, 0.1) is 12.7 Å². The molecule has 0 aliphatic rings. The van der Waals surface area contributed by atoms with E-state index >= 15 is 0 Å². The van der Waals surface area contributed by atoms with E-state index in [-0.39, 0.29) is 5.82 Å². The molecule has 0 saturated heterocycles. The van der Waals surface area contributed by atoms with Gasteiger partial charge in [-0.1, -0.05) is 30.3 Å². The van der Waals surface area contributed by atoms with Gasteiger partial charge < -0.3 is 4.98 Å². The number of halogens is 1. The minimum absolute atomic E-state index is 0.216. The Morgan fingerprint density at radius 3 is 2.48 bits per heavy atom. The highest BCUT2D eigenvalue weighted by molar-refractivity contribution is 6.12. The van der Waals surface area contributed by atoms with Gasteiger partial charge in [-0.15, -0.1) is 0 Å². The summed E-state index contributed by atoms with van der Waals surface area (Å²) in [4.78, 5) is 3.37. The molecule has 0 aliphatic heterocycles. The fourth-order valence-electron chi connectivity index (χ4n) is 2.97. The molecule has 4 rings (SSSR count). The zero-order valence-corrected chi connectivity index (χ0v) is 11.7. The van der Waals surface area contributed by atoms with Crippen LogP contribution in [0.2, 0.25) is 0 Å². The second-order valence-corrected chi connectivity index (χ2v) is 5.42. The Bertz CT molecular complexity index is 952. The second-order valence-electron chi connectivity index (χ2n) is 5.42. The van der Waals surface area contributed by atoms with Crippen molar-refractivity contribution < 1.29 is 4.39 Å². The highest BCUT2D eigenvalue weighted by atomic mass is 19.1. The number of aryl methyl sites for hydroxylation is 1. The number of hydrogen-bond donors (Lipinski definition) is 1. The molecule has 1 aromatic heterocycles. The van der Waals surface area contributed by atoms with Gasteiger partial charge in [-0.2, -0.15) is 0 Å². The van der Waals surface area contributed by atoms with Crippen LogP contribution in [0.3, 0.4) is 0 Å². The molecule has 0 saturated carbocycles. The first-order valence-corrected chi connectivity index (χ1v) is 6.99. The third-order valence-electron chi connectivity index (χ3n) is 3.90. The molecule has 1 heterocycles. The van der Waals surface area contributed by atoms with Crippen LogP contribution >= 0.6 is 0 Å². The van der Waals surface area contributed by atoms with Crippen molar-refractivity contribution in [3.05, 3.63) is 72.0 Å². The molecular weight excluding hydrogens is 261 g/mol. The molecule has 3 aromatic carbocycles. The number of nitrogens with one attached hydrogen (secondary N) is 1. The Labute approximate surface area is 122 Å². The number of aromatic nitrogens is 1. The van der Waals surface area contributed by atoms with Gasteiger partial charge in [0, 0.05) is 21.9 Å². The molecule has 0 radical (unpaired) electrons. The predicted octanol–water partition coefficient (Wildman–Crippen LogP) is 5.44. The maximum Gasteiger partial charge on any atom is 0.125 e. The summed E-state index contributed by atoms with van der Waals surface area (Å²) in [6, 6.07) is 19.5. The van der Waals surface area contributed by atoms with Crippen molar-refractivity contribution in [3.8, 4) is 11.1 Å². The summed E-state index contributed by atoms with van der Waals surface area (Å²) in [5.41, 5.74) is 5.42. The van der Waals surface area contributed by atoms with Crippen molar-refractivity contribution in [1.29, 1.82) is 0 Å². The van der Waals surface area contributed by atoms with Crippen LogP contribution in [-0.2, 0) is 0 Å². The lowest BCUT2D eigenvalue weighted by atomic mass is 9.99. The largest absolute Gasteiger partial charge is 0.354 e. The molecule has 1 nitrogen and oxygen atoms in total. The quantitative estimate of drug-likeness (QED) is 0.476. The Hall–Kier alpha value is -2.61. The number of benzene rings is 3. The van der Waals surface area contributed by atoms with E-state index in [9.17, 15) is 4.39 Å². The van der Waals surface area contributed by atoms with E-state index in [1.54, 1.807) is 6.07 Å². The van der Waals surface area contributed by atoms with Gasteiger partial charge in [0.05, 0.1) is 5.52 Å². The third-order valence-corrected chi connectivity index (χ3v) is 3.90. The van der Waals surface area contributed by atoms with Crippen molar-refractivity contribution in [2.75, 3.05) is 0 Å². The van der Waals surface area contributed by atoms with Crippen molar-refractivity contribution in [3.63, 3.8) is 0 Å². The summed E-state index contributed by atoms with van der Waals surface area (Å²) >= 11 is 0. The summed E-state index contributed by atoms with van der Waals surface area (Å²) in [5, 5.41) is 2.20. The fourth-order valence-corrected chi connectivity index (χ4v) is 2.97. The lowest BCUT2D eigenvalue weighted by Gasteiger charge is -2.05. The molecule has 102 valence electrons. The van der Waals surface area contributed by atoms with Gasteiger partial charge >= 0.3 is 0 Å². The van der Waals surface area contributed by atoms with E-state index in [4.69, 9.17) is 0 Å². The topological polar surface area (TPSA) is 15.8 Å². The van der Waals surface area contributed by atoms with Crippen molar-refractivity contribution >= 4 is 21.8 Å². The maximum atomic E-state index is 13.4. The Morgan fingerprint density at radius 2 is 1.67 bits per heavy atom. The number of aromatic amines is 1. The average Bonchev–Trinajstić information content (AvgIpc) is 2.84. The number of H-pyrrole nitrogens is 1. The molecule has 0 spiro atoms. The van der Waals surface area contributed by atoms with E-state index in [1.807, 2.05) is 24.3 Å². The molecule has 0 aliphatic carbocycles. The number of fused-ring (bicyclic) bond motifs is 3. The minimum atomic E-state index is -0.216. The molecule has 2 heteroatoms. The zero-order chi connectivity index (χ0) is 14.4. The summed E-state index contributed by atoms with van der Waals surface area (Å²) in [6.07, 6.45) is 0. The Kier molecular flexibility index (Phi) is 2.58. The first-order valence-electron chi connectivity index (χ1n) is 6.99. The molecule has 0 amide bonds. The van der Waals surface area contributed by atoms with E-state index < -0.39 is 0 Å². The lowest BCUT2D eigenvalue weighted by Crippen LogP contribution is -1.82. The van der Waals surface area contributed by atoms with E-state index in [0.717, 1.165) is 27.4 Å². The summed E-state index contributed by atoms with van der Waals surface area (Å²) in [7, 11) is 0. The van der Waals surface area contributed by atoms with Crippen molar-refractivity contribution in [1.82, 2.24) is 4.98 Å². The molecule has 0 unspecified atom stereocenters. The number of rotatable bonds is 1. The summed E-state index contributed by atoms with van der Waals surface area (Å²) in [6.45, 7) is 2.09. The summed E-state index contributed by atoms with van der Waals surface area (Å²) in [5.74, 6) is -0.216. The van der Waals surface area contributed by atoms with Crippen LogP contribution in [-0.4, -0.2) is 4.98 Å². The normalized spacial score (nSPS) is 11.3. The maximum absolute atomic E-state index is 13.4.